The molecule has 0 aromatic heterocycles. The van der Waals surface area contributed by atoms with Crippen LogP contribution in [0.1, 0.15) is 6.42 Å². The number of ether oxygens (including phenoxy) is 1. The van der Waals surface area contributed by atoms with E-state index in [-0.39, 0.29) is 18.1 Å². The highest BCUT2D eigenvalue weighted by Crippen LogP contribution is 2.30. The summed E-state index contributed by atoms with van der Waals surface area (Å²) in [7, 11) is 1.61. The van der Waals surface area contributed by atoms with Crippen LogP contribution in [-0.4, -0.2) is 39.7 Å². The number of nitrogens with zero attached hydrogens (tertiary/aromatic N) is 2. The van der Waals surface area contributed by atoms with Gasteiger partial charge in [-0.05, 0) is 36.4 Å². The maximum absolute atomic E-state index is 12.6. The molecule has 0 saturated carbocycles. The zero-order valence-corrected chi connectivity index (χ0v) is 16.7. The number of para-hydroxylation sites is 1. The Balaban J connectivity index is 1.69. The van der Waals surface area contributed by atoms with Crippen molar-refractivity contribution in [3.05, 3.63) is 54.6 Å². The summed E-state index contributed by atoms with van der Waals surface area (Å²) in [4.78, 5) is 30.7. The monoisotopic (exact) mass is 439 g/mol. The molecule has 1 heterocycles. The van der Waals surface area contributed by atoms with Gasteiger partial charge in [0.15, 0.2) is 5.17 Å². The molecule has 1 N–H and O–H groups in total. The van der Waals surface area contributed by atoms with E-state index < -0.39 is 16.7 Å². The summed E-state index contributed by atoms with van der Waals surface area (Å²) in [6.07, 6.45) is 0.0144. The number of hydrogen-bond acceptors (Lipinski definition) is 5. The molecule has 29 heavy (non-hydrogen) atoms. The molecule has 0 radical (unpaired) electrons. The summed E-state index contributed by atoms with van der Waals surface area (Å²) >= 11 is 5.89. The molecule has 3 rings (SSSR count). The lowest BCUT2D eigenvalue weighted by molar-refractivity contribution is -0.128. The van der Waals surface area contributed by atoms with Gasteiger partial charge < -0.3 is 10.1 Å². The number of hydrogen-bond donors (Lipinski definition) is 1. The highest BCUT2D eigenvalue weighted by atomic mass is 35.5. The summed E-state index contributed by atoms with van der Waals surface area (Å²) in [6.45, 7) is 0. The van der Waals surface area contributed by atoms with Crippen LogP contribution in [0.5, 0.6) is 5.75 Å². The molecule has 0 unspecified atom stereocenters. The van der Waals surface area contributed by atoms with Gasteiger partial charge in [0.1, 0.15) is 11.0 Å². The molecule has 2 amide bonds. The lowest BCUT2D eigenvalue weighted by atomic mass is 10.2. The Labute approximate surface area is 174 Å². The van der Waals surface area contributed by atoms with Crippen molar-refractivity contribution in [2.24, 2.45) is 4.99 Å². The first kappa shape index (κ1) is 21.1. The van der Waals surface area contributed by atoms with Crippen LogP contribution in [0.15, 0.2) is 59.6 Å². The Kier molecular flexibility index (Phi) is 6.39. The number of nitrogens with one attached hydrogen (secondary N) is 1. The highest BCUT2D eigenvalue weighted by Gasteiger charge is 2.34. The summed E-state index contributed by atoms with van der Waals surface area (Å²) in [5, 5.41) is 2.40. The van der Waals surface area contributed by atoms with Crippen molar-refractivity contribution in [3.8, 4) is 5.75 Å². The topological polar surface area (TPSA) is 71.0 Å². The van der Waals surface area contributed by atoms with E-state index >= 15 is 0 Å². The maximum atomic E-state index is 12.6. The number of alkyl halides is 3. The van der Waals surface area contributed by atoms with E-state index in [9.17, 15) is 18.4 Å². The molecule has 1 aliphatic heterocycles. The number of thioether (sulfide) groups is 1. The van der Waals surface area contributed by atoms with E-state index in [4.69, 9.17) is 11.6 Å². The highest BCUT2D eigenvalue weighted by molar-refractivity contribution is 8.15. The van der Waals surface area contributed by atoms with E-state index in [1.54, 1.807) is 19.2 Å². The molecule has 1 atom stereocenters. The van der Waals surface area contributed by atoms with Crippen LogP contribution in [-0.2, 0) is 9.59 Å². The number of carbonyl (C=O) groups excluding carboxylic acids is 2. The summed E-state index contributed by atoms with van der Waals surface area (Å²) < 4.78 is 29.5. The zero-order chi connectivity index (χ0) is 21.0. The van der Waals surface area contributed by atoms with Crippen LogP contribution in [0.3, 0.4) is 0 Å². The fraction of sp³-hybridized carbons (Fsp3) is 0.211. The third-order valence-electron chi connectivity index (χ3n) is 3.90. The predicted octanol–water partition coefficient (Wildman–Crippen LogP) is 4.44. The second-order valence-corrected chi connectivity index (χ2v) is 7.66. The minimum Gasteiger partial charge on any atom is -0.420 e. The van der Waals surface area contributed by atoms with Crippen LogP contribution in [0.4, 0.5) is 20.2 Å². The molecule has 0 bridgehead atoms. The number of amides is 2. The van der Waals surface area contributed by atoms with Crippen molar-refractivity contribution in [2.45, 2.75) is 17.2 Å². The van der Waals surface area contributed by atoms with Crippen LogP contribution in [0.25, 0.3) is 0 Å². The van der Waals surface area contributed by atoms with Crippen molar-refractivity contribution in [3.63, 3.8) is 0 Å². The quantitative estimate of drug-likeness (QED) is 0.699. The standard InChI is InChI=1S/C19H16ClF2N3O3S/c1-25-16(26)11-15(29-18(25)24-12-5-3-2-4-6-12)17(27)23-13-7-9-14(10-8-13)28-19(20,21)22/h2-10,15H,11H2,1H3,(H,23,27)/t15-/m0/s1. The lowest BCUT2D eigenvalue weighted by Gasteiger charge is -2.28. The van der Waals surface area contributed by atoms with Crippen molar-refractivity contribution in [2.75, 3.05) is 12.4 Å². The Hall–Kier alpha value is -2.65. The number of aliphatic imine (C=N–C) groups is 1. The van der Waals surface area contributed by atoms with Crippen molar-refractivity contribution in [1.82, 2.24) is 4.90 Å². The second kappa shape index (κ2) is 8.79. The van der Waals surface area contributed by atoms with Gasteiger partial charge in [-0.25, -0.2) is 4.99 Å². The molecule has 10 heteroatoms. The second-order valence-electron chi connectivity index (χ2n) is 6.05. The van der Waals surface area contributed by atoms with Crippen molar-refractivity contribution in [1.29, 1.82) is 0 Å². The Morgan fingerprint density at radius 1 is 1.24 bits per heavy atom. The van der Waals surface area contributed by atoms with Gasteiger partial charge in [-0.2, -0.15) is 0 Å². The molecule has 2 aromatic rings. The van der Waals surface area contributed by atoms with E-state index in [1.807, 2.05) is 18.2 Å². The Morgan fingerprint density at radius 3 is 2.52 bits per heavy atom. The molecule has 0 aliphatic carbocycles. The van der Waals surface area contributed by atoms with Crippen LogP contribution < -0.4 is 10.1 Å². The molecule has 1 fully saturated rings. The Morgan fingerprint density at radius 2 is 1.90 bits per heavy atom. The number of amidine groups is 1. The van der Waals surface area contributed by atoms with Gasteiger partial charge in [-0.15, -0.1) is 8.78 Å². The van der Waals surface area contributed by atoms with E-state index in [1.165, 1.54) is 40.9 Å². The third-order valence-corrected chi connectivity index (χ3v) is 5.22. The van der Waals surface area contributed by atoms with E-state index in [2.05, 4.69) is 15.0 Å². The average molecular weight is 440 g/mol. The number of halogens is 3. The summed E-state index contributed by atoms with van der Waals surface area (Å²) in [5.41, 5.74) is -2.78. The smallest absolute Gasteiger partial charge is 0.420 e. The van der Waals surface area contributed by atoms with E-state index in [0.717, 1.165) is 0 Å². The fourth-order valence-electron chi connectivity index (χ4n) is 2.47. The van der Waals surface area contributed by atoms with Crippen molar-refractivity contribution < 1.29 is 23.1 Å². The third kappa shape index (κ3) is 5.91. The largest absolute Gasteiger partial charge is 0.487 e. The Bertz CT molecular complexity index is 921. The van der Waals surface area contributed by atoms with Crippen LogP contribution in [0, 0.1) is 0 Å². The van der Waals surface area contributed by atoms with Crippen molar-refractivity contribution >= 4 is 51.7 Å². The van der Waals surface area contributed by atoms with Gasteiger partial charge in [0.05, 0.1) is 5.69 Å². The fourth-order valence-corrected chi connectivity index (χ4v) is 3.63. The van der Waals surface area contributed by atoms with Gasteiger partial charge in [-0.3, -0.25) is 14.5 Å². The minimum absolute atomic E-state index is 0.0144. The number of rotatable bonds is 5. The van der Waals surface area contributed by atoms with Gasteiger partial charge in [-0.1, -0.05) is 30.0 Å². The predicted molar refractivity (Wildman–Crippen MR) is 109 cm³/mol. The first-order valence-corrected chi connectivity index (χ1v) is 9.71. The minimum atomic E-state index is -3.82. The number of carbonyl (C=O) groups is 2. The first-order valence-electron chi connectivity index (χ1n) is 8.45. The molecule has 1 aliphatic rings. The maximum Gasteiger partial charge on any atom is 0.487 e. The molecule has 0 spiro atoms. The average Bonchev–Trinajstić information content (AvgIpc) is 2.66. The summed E-state index contributed by atoms with van der Waals surface area (Å²) in [5.74, 6) is -0.774. The SMILES string of the molecule is CN1C(=O)C[C@@H](C(=O)Nc2ccc(OC(F)(F)Cl)cc2)SC1=Nc1ccccc1. The molecular formula is C19H16ClF2N3O3S. The van der Waals surface area contributed by atoms with Crippen LogP contribution >= 0.6 is 23.4 Å². The van der Waals surface area contributed by atoms with Gasteiger partial charge in [0, 0.05) is 30.8 Å². The zero-order valence-electron chi connectivity index (χ0n) is 15.1. The van der Waals surface area contributed by atoms with Gasteiger partial charge in [0.25, 0.3) is 0 Å². The molecule has 152 valence electrons. The van der Waals surface area contributed by atoms with E-state index in [0.29, 0.717) is 16.5 Å². The summed E-state index contributed by atoms with van der Waals surface area (Å²) in [6, 6.07) is 14.4. The molecule has 6 nitrogen and oxygen atoms in total. The molecular weight excluding hydrogens is 424 g/mol. The number of benzene rings is 2. The normalized spacial score (nSPS) is 18.6. The molecule has 2 aromatic carbocycles. The molecule has 1 saturated heterocycles. The van der Waals surface area contributed by atoms with Gasteiger partial charge in [0.2, 0.25) is 11.8 Å². The lowest BCUT2D eigenvalue weighted by Crippen LogP contribution is -2.43. The van der Waals surface area contributed by atoms with Crippen LogP contribution in [0.2, 0.25) is 0 Å². The number of anilines is 1. The van der Waals surface area contributed by atoms with Gasteiger partial charge >= 0.3 is 5.57 Å². The first-order chi connectivity index (χ1) is 13.7.